The van der Waals surface area contributed by atoms with Gasteiger partial charge in [-0.15, -0.1) is 0 Å². The number of carbonyl (C=O) groups excluding carboxylic acids is 1. The van der Waals surface area contributed by atoms with Gasteiger partial charge in [-0.1, -0.05) is 0 Å². The normalized spacial score (nSPS) is 19.1. The molecule has 5 heteroatoms. The summed E-state index contributed by atoms with van der Waals surface area (Å²) >= 11 is 0. The Bertz CT molecular complexity index is 431. The summed E-state index contributed by atoms with van der Waals surface area (Å²) < 4.78 is 5.29. The molecule has 5 nitrogen and oxygen atoms in total. The maximum Gasteiger partial charge on any atom is 0.245 e. The number of anilines is 1. The maximum atomic E-state index is 12.1. The molecule has 2 heterocycles. The molecule has 1 N–H and O–H groups in total. The molecule has 1 fully saturated rings. The van der Waals surface area contributed by atoms with Crippen LogP contribution in [0.1, 0.15) is 27.2 Å². The van der Waals surface area contributed by atoms with Gasteiger partial charge in [-0.25, -0.2) is 4.98 Å². The predicted octanol–water partition coefficient (Wildman–Crippen LogP) is 1.90. The Morgan fingerprint density at radius 1 is 1.53 bits per heavy atom. The lowest BCUT2D eigenvalue weighted by Crippen LogP contribution is -2.37. The number of pyridine rings is 1. The SMILES string of the molecule is CCOc1ccc(N[C@@H]2CCN(C(C)C)C2=O)cn1. The van der Waals surface area contributed by atoms with Gasteiger partial charge in [-0.05, 0) is 33.3 Å². The highest BCUT2D eigenvalue weighted by molar-refractivity contribution is 5.86. The third-order valence-corrected chi connectivity index (χ3v) is 3.23. The van der Waals surface area contributed by atoms with Crippen LogP contribution in [0.5, 0.6) is 5.88 Å². The number of likely N-dealkylation sites (tertiary alicyclic amines) is 1. The summed E-state index contributed by atoms with van der Waals surface area (Å²) in [6, 6.07) is 3.83. The monoisotopic (exact) mass is 263 g/mol. The zero-order valence-electron chi connectivity index (χ0n) is 11.7. The van der Waals surface area contributed by atoms with Crippen molar-refractivity contribution in [2.24, 2.45) is 0 Å². The highest BCUT2D eigenvalue weighted by Gasteiger charge is 2.32. The quantitative estimate of drug-likeness (QED) is 0.881. The minimum atomic E-state index is -0.137. The highest BCUT2D eigenvalue weighted by atomic mass is 16.5. The van der Waals surface area contributed by atoms with Crippen molar-refractivity contribution in [1.82, 2.24) is 9.88 Å². The smallest absolute Gasteiger partial charge is 0.245 e. The fourth-order valence-electron chi connectivity index (χ4n) is 2.25. The average Bonchev–Trinajstić information content (AvgIpc) is 2.74. The van der Waals surface area contributed by atoms with Gasteiger partial charge < -0.3 is 15.0 Å². The first kappa shape index (κ1) is 13.6. The number of amides is 1. The number of carbonyl (C=O) groups is 1. The van der Waals surface area contributed by atoms with Crippen LogP contribution in [-0.4, -0.2) is 41.0 Å². The molecule has 1 aliphatic rings. The van der Waals surface area contributed by atoms with Crippen molar-refractivity contribution in [3.05, 3.63) is 18.3 Å². The van der Waals surface area contributed by atoms with Crippen LogP contribution in [0, 0.1) is 0 Å². The molecule has 104 valence electrons. The number of rotatable bonds is 5. The lowest BCUT2D eigenvalue weighted by Gasteiger charge is -2.21. The van der Waals surface area contributed by atoms with Gasteiger partial charge in [0.15, 0.2) is 0 Å². The molecule has 1 aromatic heterocycles. The zero-order valence-corrected chi connectivity index (χ0v) is 11.7. The molecule has 2 rings (SSSR count). The van der Waals surface area contributed by atoms with Crippen molar-refractivity contribution < 1.29 is 9.53 Å². The summed E-state index contributed by atoms with van der Waals surface area (Å²) in [6.07, 6.45) is 2.54. The van der Waals surface area contributed by atoms with E-state index >= 15 is 0 Å². The molecule has 0 saturated carbocycles. The summed E-state index contributed by atoms with van der Waals surface area (Å²) in [5.74, 6) is 0.776. The number of aromatic nitrogens is 1. The van der Waals surface area contributed by atoms with E-state index in [4.69, 9.17) is 4.74 Å². The topological polar surface area (TPSA) is 54.5 Å². The number of ether oxygens (including phenoxy) is 1. The Balaban J connectivity index is 1.96. The molecule has 19 heavy (non-hydrogen) atoms. The Morgan fingerprint density at radius 3 is 2.84 bits per heavy atom. The van der Waals surface area contributed by atoms with Gasteiger partial charge in [0.1, 0.15) is 6.04 Å². The first-order valence-corrected chi connectivity index (χ1v) is 6.77. The van der Waals surface area contributed by atoms with E-state index in [2.05, 4.69) is 10.3 Å². The van der Waals surface area contributed by atoms with Crippen LogP contribution in [0.2, 0.25) is 0 Å². The van der Waals surface area contributed by atoms with Gasteiger partial charge >= 0.3 is 0 Å². The molecular formula is C14H21N3O2. The van der Waals surface area contributed by atoms with Crippen molar-refractivity contribution >= 4 is 11.6 Å². The molecule has 1 saturated heterocycles. The number of nitrogens with zero attached hydrogens (tertiary/aromatic N) is 2. The van der Waals surface area contributed by atoms with E-state index < -0.39 is 0 Å². The van der Waals surface area contributed by atoms with E-state index in [1.54, 1.807) is 6.20 Å². The molecular weight excluding hydrogens is 242 g/mol. The molecule has 1 amide bonds. The Kier molecular flexibility index (Phi) is 4.24. The molecule has 0 bridgehead atoms. The van der Waals surface area contributed by atoms with Crippen LogP contribution < -0.4 is 10.1 Å². The van der Waals surface area contributed by atoms with Crippen molar-refractivity contribution in [3.63, 3.8) is 0 Å². The van der Waals surface area contributed by atoms with Crippen molar-refractivity contribution in [2.45, 2.75) is 39.3 Å². The van der Waals surface area contributed by atoms with Crippen LogP contribution in [0.15, 0.2) is 18.3 Å². The highest BCUT2D eigenvalue weighted by Crippen LogP contribution is 2.19. The third-order valence-electron chi connectivity index (χ3n) is 3.23. The van der Waals surface area contributed by atoms with Crippen LogP contribution in [0.4, 0.5) is 5.69 Å². The molecule has 0 unspecified atom stereocenters. The minimum absolute atomic E-state index is 0.137. The van der Waals surface area contributed by atoms with Crippen molar-refractivity contribution in [3.8, 4) is 5.88 Å². The predicted molar refractivity (Wildman–Crippen MR) is 74.3 cm³/mol. The standard InChI is InChI=1S/C14H21N3O2/c1-4-19-13-6-5-11(9-15-13)16-12-7-8-17(10(2)3)14(12)18/h5-6,9-10,12,16H,4,7-8H2,1-3H3/t12-/m1/s1. The van der Waals surface area contributed by atoms with Crippen molar-refractivity contribution in [2.75, 3.05) is 18.5 Å². The van der Waals surface area contributed by atoms with Gasteiger partial charge in [0, 0.05) is 18.7 Å². The van der Waals surface area contributed by atoms with Crippen LogP contribution >= 0.6 is 0 Å². The van der Waals surface area contributed by atoms with Crippen LogP contribution in [0.3, 0.4) is 0 Å². The summed E-state index contributed by atoms with van der Waals surface area (Å²) in [4.78, 5) is 18.2. The Hall–Kier alpha value is -1.78. The lowest BCUT2D eigenvalue weighted by molar-refractivity contribution is -0.129. The van der Waals surface area contributed by atoms with Gasteiger partial charge in [-0.3, -0.25) is 4.79 Å². The van der Waals surface area contributed by atoms with Crippen LogP contribution in [-0.2, 0) is 4.79 Å². The molecule has 0 spiro atoms. The number of nitrogens with one attached hydrogen (secondary N) is 1. The Morgan fingerprint density at radius 2 is 2.32 bits per heavy atom. The fourth-order valence-corrected chi connectivity index (χ4v) is 2.25. The first-order valence-electron chi connectivity index (χ1n) is 6.77. The fraction of sp³-hybridized carbons (Fsp3) is 0.571. The minimum Gasteiger partial charge on any atom is -0.478 e. The van der Waals surface area contributed by atoms with Gasteiger partial charge in [-0.2, -0.15) is 0 Å². The maximum absolute atomic E-state index is 12.1. The number of hydrogen-bond acceptors (Lipinski definition) is 4. The van der Waals surface area contributed by atoms with Crippen LogP contribution in [0.25, 0.3) is 0 Å². The summed E-state index contributed by atoms with van der Waals surface area (Å²) in [6.45, 7) is 7.42. The summed E-state index contributed by atoms with van der Waals surface area (Å²) in [5.41, 5.74) is 0.854. The van der Waals surface area contributed by atoms with Gasteiger partial charge in [0.2, 0.25) is 11.8 Å². The Labute approximate surface area is 114 Å². The van der Waals surface area contributed by atoms with E-state index in [1.165, 1.54) is 0 Å². The van der Waals surface area contributed by atoms with E-state index in [-0.39, 0.29) is 18.0 Å². The summed E-state index contributed by atoms with van der Waals surface area (Å²) in [7, 11) is 0. The molecule has 0 aromatic carbocycles. The second-order valence-electron chi connectivity index (χ2n) is 4.93. The lowest BCUT2D eigenvalue weighted by atomic mass is 10.2. The largest absolute Gasteiger partial charge is 0.478 e. The molecule has 1 aliphatic heterocycles. The molecule has 0 aliphatic carbocycles. The van der Waals surface area contributed by atoms with E-state index in [0.29, 0.717) is 12.5 Å². The molecule has 1 atom stereocenters. The third kappa shape index (κ3) is 3.16. The number of hydrogen-bond donors (Lipinski definition) is 1. The van der Waals surface area contributed by atoms with Crippen molar-refractivity contribution in [1.29, 1.82) is 0 Å². The van der Waals surface area contributed by atoms with E-state index in [9.17, 15) is 4.79 Å². The second kappa shape index (κ2) is 5.91. The zero-order chi connectivity index (χ0) is 13.8. The summed E-state index contributed by atoms with van der Waals surface area (Å²) in [5, 5.41) is 3.24. The van der Waals surface area contributed by atoms with Gasteiger partial charge in [0.25, 0.3) is 0 Å². The average molecular weight is 263 g/mol. The second-order valence-corrected chi connectivity index (χ2v) is 4.93. The first-order chi connectivity index (χ1) is 9.11. The van der Waals surface area contributed by atoms with E-state index in [0.717, 1.165) is 18.7 Å². The molecule has 1 aromatic rings. The van der Waals surface area contributed by atoms with Gasteiger partial charge in [0.05, 0.1) is 18.5 Å². The molecule has 0 radical (unpaired) electrons. The van der Waals surface area contributed by atoms with E-state index in [1.807, 2.05) is 37.8 Å².